The lowest BCUT2D eigenvalue weighted by molar-refractivity contribution is -0.129. The zero-order valence-electron chi connectivity index (χ0n) is 15.7. The monoisotopic (exact) mass is 438 g/mol. The number of thioether (sulfide) groups is 1. The quantitative estimate of drug-likeness (QED) is 0.693. The summed E-state index contributed by atoms with van der Waals surface area (Å²) in [5.41, 5.74) is 2.41. The highest BCUT2D eigenvalue weighted by Crippen LogP contribution is 2.21. The van der Waals surface area contributed by atoms with Crippen LogP contribution in [0.2, 0.25) is 5.02 Å². The molecule has 0 spiro atoms. The van der Waals surface area contributed by atoms with E-state index in [0.717, 1.165) is 5.75 Å². The maximum atomic E-state index is 12.7. The van der Waals surface area contributed by atoms with Gasteiger partial charge < -0.3 is 4.90 Å². The van der Waals surface area contributed by atoms with Crippen LogP contribution in [-0.4, -0.2) is 55.5 Å². The first-order valence-electron chi connectivity index (χ1n) is 9.03. The van der Waals surface area contributed by atoms with Gasteiger partial charge in [0, 0.05) is 37.0 Å². The van der Waals surface area contributed by atoms with Crippen LogP contribution < -0.4 is 0 Å². The molecule has 1 aliphatic heterocycles. The molecular formula is C20H23ClN2O3S2. The minimum Gasteiger partial charge on any atom is -0.339 e. The van der Waals surface area contributed by atoms with Crippen LogP contribution in [0.3, 0.4) is 0 Å². The van der Waals surface area contributed by atoms with E-state index in [0.29, 0.717) is 37.0 Å². The molecular weight excluding hydrogens is 416 g/mol. The molecule has 2 aromatic rings. The number of sulfonamides is 1. The summed E-state index contributed by atoms with van der Waals surface area (Å²) in [5.74, 6) is 1.24. The van der Waals surface area contributed by atoms with Gasteiger partial charge in [0.2, 0.25) is 15.9 Å². The van der Waals surface area contributed by atoms with Gasteiger partial charge in [-0.15, -0.1) is 11.8 Å². The molecule has 0 aromatic heterocycles. The highest BCUT2D eigenvalue weighted by Gasteiger charge is 2.30. The lowest BCUT2D eigenvalue weighted by atomic mass is 10.2. The van der Waals surface area contributed by atoms with E-state index >= 15 is 0 Å². The Morgan fingerprint density at radius 2 is 1.79 bits per heavy atom. The van der Waals surface area contributed by atoms with E-state index in [4.69, 9.17) is 11.6 Å². The van der Waals surface area contributed by atoms with Crippen LogP contribution in [-0.2, 0) is 20.6 Å². The van der Waals surface area contributed by atoms with Crippen LogP contribution in [0, 0.1) is 6.92 Å². The first-order valence-corrected chi connectivity index (χ1v) is 12.0. The molecule has 0 N–H and O–H groups in total. The lowest BCUT2D eigenvalue weighted by Gasteiger charge is -2.34. The molecule has 8 heteroatoms. The molecule has 0 bridgehead atoms. The molecule has 28 heavy (non-hydrogen) atoms. The van der Waals surface area contributed by atoms with Gasteiger partial charge in [-0.2, -0.15) is 4.31 Å². The van der Waals surface area contributed by atoms with Crippen molar-refractivity contribution in [3.8, 4) is 0 Å². The highest BCUT2D eigenvalue weighted by molar-refractivity contribution is 7.99. The minimum atomic E-state index is -3.59. The van der Waals surface area contributed by atoms with Crippen molar-refractivity contribution in [2.45, 2.75) is 17.6 Å². The molecule has 1 saturated heterocycles. The van der Waals surface area contributed by atoms with Crippen LogP contribution in [0.4, 0.5) is 0 Å². The standard InChI is InChI=1S/C20H23ClN2O3S2/c1-16-4-2-5-17(12-16)14-27-15-20(24)22-8-10-23(11-9-22)28(25,26)19-7-3-6-18(21)13-19/h2-7,12-13H,8-11,14-15H2,1H3. The summed E-state index contributed by atoms with van der Waals surface area (Å²) < 4.78 is 26.9. The molecule has 0 radical (unpaired) electrons. The number of carbonyl (C=O) groups excluding carboxylic acids is 1. The van der Waals surface area contributed by atoms with E-state index in [9.17, 15) is 13.2 Å². The molecule has 1 amide bonds. The average molecular weight is 439 g/mol. The third kappa shape index (κ3) is 5.29. The van der Waals surface area contributed by atoms with Gasteiger partial charge in [-0.25, -0.2) is 8.42 Å². The van der Waals surface area contributed by atoms with Crippen LogP contribution in [0.1, 0.15) is 11.1 Å². The van der Waals surface area contributed by atoms with Gasteiger partial charge in [-0.05, 0) is 30.7 Å². The largest absolute Gasteiger partial charge is 0.339 e. The third-order valence-electron chi connectivity index (χ3n) is 4.60. The van der Waals surface area contributed by atoms with E-state index in [2.05, 4.69) is 25.1 Å². The molecule has 3 rings (SSSR count). The van der Waals surface area contributed by atoms with Crippen molar-refractivity contribution in [3.05, 3.63) is 64.7 Å². The Bertz CT molecular complexity index is 942. The van der Waals surface area contributed by atoms with E-state index in [1.807, 2.05) is 6.07 Å². The van der Waals surface area contributed by atoms with Crippen molar-refractivity contribution in [3.63, 3.8) is 0 Å². The Morgan fingerprint density at radius 3 is 2.46 bits per heavy atom. The first-order chi connectivity index (χ1) is 13.4. The van der Waals surface area contributed by atoms with E-state index in [1.165, 1.54) is 21.5 Å². The molecule has 0 unspecified atom stereocenters. The van der Waals surface area contributed by atoms with Gasteiger partial charge >= 0.3 is 0 Å². The van der Waals surface area contributed by atoms with Crippen LogP contribution in [0.15, 0.2) is 53.4 Å². The second kappa shape index (κ2) is 9.31. The molecule has 1 heterocycles. The topological polar surface area (TPSA) is 57.7 Å². The van der Waals surface area contributed by atoms with Gasteiger partial charge in [0.15, 0.2) is 0 Å². The molecule has 150 valence electrons. The number of halogens is 1. The Kier molecular flexibility index (Phi) is 7.04. The maximum Gasteiger partial charge on any atom is 0.243 e. The smallest absolute Gasteiger partial charge is 0.243 e. The van der Waals surface area contributed by atoms with Gasteiger partial charge in [0.05, 0.1) is 10.6 Å². The molecule has 2 aromatic carbocycles. The SMILES string of the molecule is Cc1cccc(CSCC(=O)N2CCN(S(=O)(=O)c3cccc(Cl)c3)CC2)c1. The average Bonchev–Trinajstić information content (AvgIpc) is 2.68. The third-order valence-corrected chi connectivity index (χ3v) is 7.72. The number of amides is 1. The first kappa shape index (κ1) is 21.2. The summed E-state index contributed by atoms with van der Waals surface area (Å²) in [6, 6.07) is 14.5. The number of nitrogens with zero attached hydrogens (tertiary/aromatic N) is 2. The molecule has 0 saturated carbocycles. The Hall–Kier alpha value is -1.54. The molecule has 5 nitrogen and oxygen atoms in total. The summed E-state index contributed by atoms with van der Waals surface area (Å²) in [6.07, 6.45) is 0. The predicted octanol–water partition coefficient (Wildman–Crippen LogP) is 3.41. The molecule has 1 aliphatic rings. The van der Waals surface area contributed by atoms with Crippen molar-refractivity contribution >= 4 is 39.3 Å². The van der Waals surface area contributed by atoms with Crippen molar-refractivity contribution in [2.24, 2.45) is 0 Å². The Labute approximate surface area is 175 Å². The molecule has 0 aliphatic carbocycles. The Morgan fingerprint density at radius 1 is 1.07 bits per heavy atom. The number of aryl methyl sites for hydroxylation is 1. The number of hydrogen-bond donors (Lipinski definition) is 0. The second-order valence-electron chi connectivity index (χ2n) is 6.72. The van der Waals surface area contributed by atoms with Crippen LogP contribution >= 0.6 is 23.4 Å². The maximum absolute atomic E-state index is 12.7. The van der Waals surface area contributed by atoms with Crippen molar-refractivity contribution in [1.82, 2.24) is 9.21 Å². The fourth-order valence-corrected chi connectivity index (χ4v) is 5.70. The second-order valence-corrected chi connectivity index (χ2v) is 10.1. The number of carbonyl (C=O) groups is 1. The number of benzene rings is 2. The lowest BCUT2D eigenvalue weighted by Crippen LogP contribution is -2.50. The van der Waals surface area contributed by atoms with Crippen molar-refractivity contribution in [2.75, 3.05) is 31.9 Å². The minimum absolute atomic E-state index is 0.0532. The number of rotatable bonds is 6. The van der Waals surface area contributed by atoms with Gasteiger partial charge in [-0.3, -0.25) is 4.79 Å². The van der Waals surface area contributed by atoms with E-state index in [-0.39, 0.29) is 10.8 Å². The molecule has 0 atom stereocenters. The number of hydrogen-bond acceptors (Lipinski definition) is 4. The zero-order chi connectivity index (χ0) is 20.1. The normalized spacial score (nSPS) is 15.6. The summed E-state index contributed by atoms with van der Waals surface area (Å²) in [5, 5.41) is 0.389. The summed E-state index contributed by atoms with van der Waals surface area (Å²) in [6.45, 7) is 3.45. The zero-order valence-corrected chi connectivity index (χ0v) is 18.1. The fourth-order valence-electron chi connectivity index (χ4n) is 3.10. The van der Waals surface area contributed by atoms with Crippen LogP contribution in [0.5, 0.6) is 0 Å². The van der Waals surface area contributed by atoms with E-state index < -0.39 is 10.0 Å². The summed E-state index contributed by atoms with van der Waals surface area (Å²) in [4.78, 5) is 14.4. The summed E-state index contributed by atoms with van der Waals surface area (Å²) >= 11 is 7.50. The van der Waals surface area contributed by atoms with Gasteiger partial charge in [0.1, 0.15) is 0 Å². The van der Waals surface area contributed by atoms with E-state index in [1.54, 1.807) is 34.9 Å². The van der Waals surface area contributed by atoms with Crippen LogP contribution in [0.25, 0.3) is 0 Å². The number of piperazine rings is 1. The van der Waals surface area contributed by atoms with Gasteiger partial charge in [-0.1, -0.05) is 47.5 Å². The predicted molar refractivity (Wildman–Crippen MR) is 114 cm³/mol. The van der Waals surface area contributed by atoms with Gasteiger partial charge in [0.25, 0.3) is 0 Å². The molecule has 1 fully saturated rings. The highest BCUT2D eigenvalue weighted by atomic mass is 35.5. The summed E-state index contributed by atoms with van der Waals surface area (Å²) in [7, 11) is -3.59. The Balaban J connectivity index is 1.50. The fraction of sp³-hybridized carbons (Fsp3) is 0.350. The van der Waals surface area contributed by atoms with Crippen molar-refractivity contribution in [1.29, 1.82) is 0 Å². The van der Waals surface area contributed by atoms with Crippen molar-refractivity contribution < 1.29 is 13.2 Å².